The number of amides is 2. The summed E-state index contributed by atoms with van der Waals surface area (Å²) in [4.78, 5) is 24.1. The zero-order valence-electron chi connectivity index (χ0n) is 15.8. The Kier molecular flexibility index (Phi) is 7.39. The van der Waals surface area contributed by atoms with E-state index in [1.165, 1.54) is 5.56 Å². The van der Waals surface area contributed by atoms with Crippen LogP contribution in [0.3, 0.4) is 0 Å². The van der Waals surface area contributed by atoms with Gasteiger partial charge in [0.2, 0.25) is 11.8 Å². The number of benzene rings is 2. The normalized spacial score (nSPS) is 10.6. The molecule has 2 N–H and O–H groups in total. The lowest BCUT2D eigenvalue weighted by atomic mass is 10.0. The number of hydrogen-bond acceptors (Lipinski definition) is 2. The van der Waals surface area contributed by atoms with Crippen molar-refractivity contribution in [1.29, 1.82) is 0 Å². The Hall–Kier alpha value is -2.62. The topological polar surface area (TPSA) is 58.2 Å². The molecule has 0 saturated heterocycles. The number of para-hydroxylation sites is 1. The van der Waals surface area contributed by atoms with Gasteiger partial charge in [-0.2, -0.15) is 0 Å². The van der Waals surface area contributed by atoms with Crippen molar-refractivity contribution in [2.45, 2.75) is 40.0 Å². The Balaban J connectivity index is 1.80. The van der Waals surface area contributed by atoms with Crippen LogP contribution < -0.4 is 10.6 Å². The van der Waals surface area contributed by atoms with Crippen molar-refractivity contribution in [3.05, 3.63) is 65.2 Å². The van der Waals surface area contributed by atoms with Crippen LogP contribution in [0.25, 0.3) is 0 Å². The second-order valence-corrected chi connectivity index (χ2v) is 6.93. The van der Waals surface area contributed by atoms with Gasteiger partial charge in [0.1, 0.15) is 0 Å². The minimum absolute atomic E-state index is 0.0255. The van der Waals surface area contributed by atoms with E-state index in [1.54, 1.807) is 0 Å². The lowest BCUT2D eigenvalue weighted by Gasteiger charge is -2.10. The Morgan fingerprint density at radius 1 is 0.923 bits per heavy atom. The van der Waals surface area contributed by atoms with Crippen LogP contribution in [0.2, 0.25) is 0 Å². The van der Waals surface area contributed by atoms with E-state index >= 15 is 0 Å². The number of carbonyl (C=O) groups is 2. The molecule has 0 aliphatic carbocycles. The van der Waals surface area contributed by atoms with Gasteiger partial charge in [-0.25, -0.2) is 0 Å². The summed E-state index contributed by atoms with van der Waals surface area (Å²) in [5, 5.41) is 5.54. The van der Waals surface area contributed by atoms with Crippen molar-refractivity contribution in [2.75, 3.05) is 11.9 Å². The van der Waals surface area contributed by atoms with Gasteiger partial charge < -0.3 is 10.6 Å². The molecular formula is C22H28N2O2. The molecule has 4 heteroatoms. The minimum Gasteiger partial charge on any atom is -0.347 e. The molecule has 0 heterocycles. The largest absolute Gasteiger partial charge is 0.347 e. The predicted octanol–water partition coefficient (Wildman–Crippen LogP) is 3.74. The van der Waals surface area contributed by atoms with Crippen LogP contribution in [0.15, 0.2) is 48.5 Å². The van der Waals surface area contributed by atoms with Crippen LogP contribution in [-0.4, -0.2) is 18.4 Å². The van der Waals surface area contributed by atoms with Gasteiger partial charge in [-0.1, -0.05) is 63.2 Å². The molecular weight excluding hydrogens is 324 g/mol. The molecule has 2 rings (SSSR count). The third-order valence-corrected chi connectivity index (χ3v) is 4.15. The maximum atomic E-state index is 12.1. The summed E-state index contributed by atoms with van der Waals surface area (Å²) in [7, 11) is 0. The average Bonchev–Trinajstić information content (AvgIpc) is 2.62. The highest BCUT2D eigenvalue weighted by atomic mass is 16.2. The van der Waals surface area contributed by atoms with Crippen molar-refractivity contribution >= 4 is 17.5 Å². The van der Waals surface area contributed by atoms with E-state index in [0.29, 0.717) is 5.92 Å². The molecule has 2 aromatic rings. The first-order chi connectivity index (χ1) is 12.5. The molecule has 26 heavy (non-hydrogen) atoms. The van der Waals surface area contributed by atoms with Crippen LogP contribution in [0.4, 0.5) is 5.69 Å². The van der Waals surface area contributed by atoms with E-state index < -0.39 is 0 Å². The van der Waals surface area contributed by atoms with Gasteiger partial charge >= 0.3 is 0 Å². The van der Waals surface area contributed by atoms with Gasteiger partial charge in [0, 0.05) is 5.69 Å². The molecule has 0 aliphatic heterocycles. The molecule has 2 amide bonds. The monoisotopic (exact) mass is 352 g/mol. The maximum Gasteiger partial charge on any atom is 0.243 e. The molecule has 0 bridgehead atoms. The first-order valence-corrected chi connectivity index (χ1v) is 9.20. The van der Waals surface area contributed by atoms with E-state index in [0.717, 1.165) is 29.7 Å². The van der Waals surface area contributed by atoms with Crippen LogP contribution in [0.1, 0.15) is 37.5 Å². The number of aryl methyl sites for hydroxylation is 1. The highest BCUT2D eigenvalue weighted by Gasteiger charge is 2.09. The summed E-state index contributed by atoms with van der Waals surface area (Å²) in [6.07, 6.45) is 2.16. The van der Waals surface area contributed by atoms with Gasteiger partial charge in [0.15, 0.2) is 0 Å². The minimum atomic E-state index is -0.216. The van der Waals surface area contributed by atoms with E-state index in [4.69, 9.17) is 0 Å². The molecule has 0 saturated carbocycles. The maximum absolute atomic E-state index is 12.1. The summed E-state index contributed by atoms with van der Waals surface area (Å²) < 4.78 is 0. The van der Waals surface area contributed by atoms with Gasteiger partial charge in [-0.05, 0) is 41.5 Å². The number of anilines is 1. The number of hydrogen-bond donors (Lipinski definition) is 2. The summed E-state index contributed by atoms with van der Waals surface area (Å²) in [5.41, 5.74) is 4.11. The van der Waals surface area contributed by atoms with Gasteiger partial charge in [0.05, 0.1) is 13.0 Å². The van der Waals surface area contributed by atoms with Crippen molar-refractivity contribution in [2.24, 2.45) is 5.92 Å². The Morgan fingerprint density at radius 3 is 2.23 bits per heavy atom. The molecule has 0 radical (unpaired) electrons. The van der Waals surface area contributed by atoms with Crippen molar-refractivity contribution < 1.29 is 9.59 Å². The summed E-state index contributed by atoms with van der Waals surface area (Å²) in [6, 6.07) is 15.8. The second kappa shape index (κ2) is 9.76. The standard InChI is InChI=1S/C22H28N2O2/c1-4-19-7-5-6-8-20(19)24-22(26)15-23-21(25)14-18-11-9-17(10-12-18)13-16(2)3/h5-12,16H,4,13-15H2,1-3H3,(H,23,25)(H,24,26). The van der Waals surface area contributed by atoms with Gasteiger partial charge in [-0.15, -0.1) is 0 Å². The molecule has 138 valence electrons. The lowest BCUT2D eigenvalue weighted by molar-refractivity contribution is -0.123. The quantitative estimate of drug-likeness (QED) is 0.760. The Bertz CT molecular complexity index is 736. The third-order valence-electron chi connectivity index (χ3n) is 4.15. The molecule has 0 fully saturated rings. The number of nitrogens with one attached hydrogen (secondary N) is 2. The zero-order valence-corrected chi connectivity index (χ0v) is 15.8. The molecule has 0 aromatic heterocycles. The van der Waals surface area contributed by atoms with Gasteiger partial charge in [0.25, 0.3) is 0 Å². The van der Waals surface area contributed by atoms with Crippen LogP contribution in [-0.2, 0) is 28.9 Å². The predicted molar refractivity (Wildman–Crippen MR) is 106 cm³/mol. The average molecular weight is 352 g/mol. The zero-order chi connectivity index (χ0) is 18.9. The second-order valence-electron chi connectivity index (χ2n) is 6.93. The van der Waals surface area contributed by atoms with Gasteiger partial charge in [-0.3, -0.25) is 9.59 Å². The highest BCUT2D eigenvalue weighted by Crippen LogP contribution is 2.15. The first kappa shape index (κ1) is 19.7. The Morgan fingerprint density at radius 2 is 1.58 bits per heavy atom. The van der Waals surface area contributed by atoms with Crippen molar-refractivity contribution in [3.8, 4) is 0 Å². The molecule has 2 aromatic carbocycles. The van der Waals surface area contributed by atoms with Crippen molar-refractivity contribution in [3.63, 3.8) is 0 Å². The lowest BCUT2D eigenvalue weighted by Crippen LogP contribution is -2.33. The fraction of sp³-hybridized carbons (Fsp3) is 0.364. The van der Waals surface area contributed by atoms with E-state index in [2.05, 4.69) is 36.6 Å². The van der Waals surface area contributed by atoms with E-state index in [1.807, 2.05) is 43.3 Å². The van der Waals surface area contributed by atoms with Crippen LogP contribution >= 0.6 is 0 Å². The molecule has 4 nitrogen and oxygen atoms in total. The fourth-order valence-electron chi connectivity index (χ4n) is 2.84. The SMILES string of the molecule is CCc1ccccc1NC(=O)CNC(=O)Cc1ccc(CC(C)C)cc1. The number of rotatable bonds is 8. The van der Waals surface area contributed by atoms with E-state index in [-0.39, 0.29) is 24.8 Å². The van der Waals surface area contributed by atoms with Crippen molar-refractivity contribution in [1.82, 2.24) is 5.32 Å². The Labute approximate surface area is 156 Å². The number of carbonyl (C=O) groups excluding carboxylic acids is 2. The van der Waals surface area contributed by atoms with E-state index in [9.17, 15) is 9.59 Å². The summed E-state index contributed by atoms with van der Waals surface area (Å²) in [6.45, 7) is 6.39. The molecule has 0 aliphatic rings. The summed E-state index contributed by atoms with van der Waals surface area (Å²) >= 11 is 0. The third kappa shape index (κ3) is 6.36. The molecule has 0 atom stereocenters. The first-order valence-electron chi connectivity index (χ1n) is 9.20. The fourth-order valence-corrected chi connectivity index (χ4v) is 2.84. The molecule has 0 spiro atoms. The smallest absolute Gasteiger partial charge is 0.243 e. The highest BCUT2D eigenvalue weighted by molar-refractivity contribution is 5.95. The van der Waals surface area contributed by atoms with Crippen LogP contribution in [0, 0.1) is 5.92 Å². The molecule has 0 unspecified atom stereocenters. The van der Waals surface area contributed by atoms with Crippen LogP contribution in [0.5, 0.6) is 0 Å². The summed E-state index contributed by atoms with van der Waals surface area (Å²) in [5.74, 6) is 0.243.